The van der Waals surface area contributed by atoms with Gasteiger partial charge in [-0.15, -0.1) is 10.2 Å². The molecule has 30 heavy (non-hydrogen) atoms. The Labute approximate surface area is 187 Å². The van der Waals surface area contributed by atoms with E-state index < -0.39 is 0 Å². The van der Waals surface area contributed by atoms with Gasteiger partial charge in [-0.3, -0.25) is 9.36 Å². The van der Waals surface area contributed by atoms with Crippen molar-refractivity contribution >= 4 is 50.3 Å². The van der Waals surface area contributed by atoms with Gasteiger partial charge in [0.2, 0.25) is 11.7 Å². The van der Waals surface area contributed by atoms with Crippen LogP contribution in [-0.2, 0) is 17.8 Å². The van der Waals surface area contributed by atoms with Gasteiger partial charge in [0.15, 0.2) is 10.9 Å². The maximum Gasteiger partial charge on any atom is 0.234 e. The molecule has 0 aliphatic carbocycles. The van der Waals surface area contributed by atoms with Crippen molar-refractivity contribution in [2.45, 2.75) is 32.0 Å². The summed E-state index contributed by atoms with van der Waals surface area (Å²) in [5.41, 5.74) is 2.83. The SMILES string of the molecule is CCc1ccc(NC(=O)CSc2nnc(-c3cc4cc(Br)ccc4o3)n2CC)cc1. The zero-order chi connectivity index (χ0) is 21.1. The number of aromatic nitrogens is 3. The highest BCUT2D eigenvalue weighted by molar-refractivity contribution is 9.10. The van der Waals surface area contributed by atoms with Gasteiger partial charge in [-0.2, -0.15) is 0 Å². The van der Waals surface area contributed by atoms with E-state index in [1.165, 1.54) is 17.3 Å². The van der Waals surface area contributed by atoms with Crippen LogP contribution >= 0.6 is 27.7 Å². The molecule has 0 aliphatic heterocycles. The van der Waals surface area contributed by atoms with E-state index in [2.05, 4.69) is 38.4 Å². The van der Waals surface area contributed by atoms with Crippen LogP contribution in [0, 0.1) is 0 Å². The number of carbonyl (C=O) groups excluding carboxylic acids is 1. The Kier molecular flexibility index (Phi) is 6.24. The number of benzene rings is 2. The molecular formula is C22H21BrN4O2S. The first-order valence-electron chi connectivity index (χ1n) is 9.71. The van der Waals surface area contributed by atoms with Crippen LogP contribution in [0.15, 0.2) is 62.6 Å². The van der Waals surface area contributed by atoms with Crippen molar-refractivity contribution in [2.24, 2.45) is 0 Å². The lowest BCUT2D eigenvalue weighted by molar-refractivity contribution is -0.113. The van der Waals surface area contributed by atoms with Gasteiger partial charge in [-0.1, -0.05) is 46.7 Å². The number of hydrogen-bond acceptors (Lipinski definition) is 5. The van der Waals surface area contributed by atoms with Crippen molar-refractivity contribution in [2.75, 3.05) is 11.1 Å². The second kappa shape index (κ2) is 9.06. The molecule has 8 heteroatoms. The second-order valence-electron chi connectivity index (χ2n) is 6.73. The molecule has 0 spiro atoms. The van der Waals surface area contributed by atoms with Crippen LogP contribution in [0.5, 0.6) is 0 Å². The molecule has 0 saturated carbocycles. The normalized spacial score (nSPS) is 11.2. The largest absolute Gasteiger partial charge is 0.453 e. The molecule has 1 amide bonds. The number of aryl methyl sites for hydroxylation is 1. The number of halogens is 1. The smallest absolute Gasteiger partial charge is 0.234 e. The number of hydrogen-bond donors (Lipinski definition) is 1. The molecule has 0 atom stereocenters. The van der Waals surface area contributed by atoms with Crippen molar-refractivity contribution in [1.29, 1.82) is 0 Å². The highest BCUT2D eigenvalue weighted by Gasteiger charge is 2.18. The number of anilines is 1. The van der Waals surface area contributed by atoms with Crippen LogP contribution in [0.3, 0.4) is 0 Å². The summed E-state index contributed by atoms with van der Waals surface area (Å²) in [6, 6.07) is 15.7. The lowest BCUT2D eigenvalue weighted by Crippen LogP contribution is -2.14. The summed E-state index contributed by atoms with van der Waals surface area (Å²) in [5.74, 6) is 1.48. The number of nitrogens with one attached hydrogen (secondary N) is 1. The molecule has 6 nitrogen and oxygen atoms in total. The number of rotatable bonds is 7. The van der Waals surface area contributed by atoms with Crippen molar-refractivity contribution in [1.82, 2.24) is 14.8 Å². The van der Waals surface area contributed by atoms with Crippen LogP contribution in [0.1, 0.15) is 19.4 Å². The van der Waals surface area contributed by atoms with Gasteiger partial charge in [0, 0.05) is 22.1 Å². The molecule has 4 aromatic rings. The Balaban J connectivity index is 1.46. The van der Waals surface area contributed by atoms with Gasteiger partial charge >= 0.3 is 0 Å². The molecule has 0 fully saturated rings. The minimum absolute atomic E-state index is 0.0787. The van der Waals surface area contributed by atoms with Crippen LogP contribution < -0.4 is 5.32 Å². The van der Waals surface area contributed by atoms with Crippen LogP contribution in [-0.4, -0.2) is 26.4 Å². The molecule has 154 valence electrons. The second-order valence-corrected chi connectivity index (χ2v) is 8.59. The van der Waals surface area contributed by atoms with E-state index in [0.29, 0.717) is 23.3 Å². The summed E-state index contributed by atoms with van der Waals surface area (Å²) in [4.78, 5) is 12.4. The third-order valence-electron chi connectivity index (χ3n) is 4.71. The van der Waals surface area contributed by atoms with Crippen LogP contribution in [0.2, 0.25) is 0 Å². The van der Waals surface area contributed by atoms with Crippen molar-refractivity contribution in [3.8, 4) is 11.6 Å². The topological polar surface area (TPSA) is 73.0 Å². The quantitative estimate of drug-likeness (QED) is 0.337. The summed E-state index contributed by atoms with van der Waals surface area (Å²) < 4.78 is 8.91. The first-order chi connectivity index (χ1) is 14.6. The van der Waals surface area contributed by atoms with E-state index >= 15 is 0 Å². The third-order valence-corrected chi connectivity index (χ3v) is 6.17. The molecule has 0 aliphatic rings. The fourth-order valence-electron chi connectivity index (χ4n) is 3.14. The zero-order valence-corrected chi connectivity index (χ0v) is 19.1. The van der Waals surface area contributed by atoms with Crippen molar-refractivity contribution < 1.29 is 9.21 Å². The van der Waals surface area contributed by atoms with Crippen LogP contribution in [0.4, 0.5) is 5.69 Å². The average molecular weight is 485 g/mol. The molecular weight excluding hydrogens is 464 g/mol. The average Bonchev–Trinajstić information content (AvgIpc) is 3.35. The molecule has 1 N–H and O–H groups in total. The van der Waals surface area contributed by atoms with E-state index in [1.807, 2.05) is 60.0 Å². The molecule has 2 heterocycles. The molecule has 4 rings (SSSR count). The number of carbonyl (C=O) groups is 1. The van der Waals surface area contributed by atoms with Crippen molar-refractivity contribution in [3.63, 3.8) is 0 Å². The highest BCUT2D eigenvalue weighted by Crippen LogP contribution is 2.30. The number of nitrogens with zero attached hydrogens (tertiary/aromatic N) is 3. The fourth-order valence-corrected chi connectivity index (χ4v) is 4.32. The Hall–Kier alpha value is -2.58. The summed E-state index contributed by atoms with van der Waals surface area (Å²) in [6.07, 6.45) is 0.974. The first-order valence-corrected chi connectivity index (χ1v) is 11.5. The van der Waals surface area contributed by atoms with Gasteiger partial charge in [0.1, 0.15) is 5.58 Å². The molecule has 0 unspecified atom stereocenters. The van der Waals surface area contributed by atoms with Gasteiger partial charge in [-0.05, 0) is 55.3 Å². The number of thioether (sulfide) groups is 1. The Morgan fingerprint density at radius 2 is 1.93 bits per heavy atom. The molecule has 2 aromatic heterocycles. The third kappa shape index (κ3) is 4.44. The molecule has 2 aromatic carbocycles. The van der Waals surface area contributed by atoms with Gasteiger partial charge in [0.05, 0.1) is 5.75 Å². The van der Waals surface area contributed by atoms with Gasteiger partial charge in [0.25, 0.3) is 0 Å². The fraction of sp³-hybridized carbons (Fsp3) is 0.227. The van der Waals surface area contributed by atoms with E-state index in [4.69, 9.17) is 4.42 Å². The summed E-state index contributed by atoms with van der Waals surface area (Å²) in [6.45, 7) is 4.80. The summed E-state index contributed by atoms with van der Waals surface area (Å²) >= 11 is 4.84. The molecule has 0 saturated heterocycles. The predicted octanol–water partition coefficient (Wildman–Crippen LogP) is 5.77. The highest BCUT2D eigenvalue weighted by atomic mass is 79.9. The van der Waals surface area contributed by atoms with E-state index in [0.717, 1.165) is 27.6 Å². The van der Waals surface area contributed by atoms with Gasteiger partial charge < -0.3 is 9.73 Å². The van der Waals surface area contributed by atoms with Gasteiger partial charge in [-0.25, -0.2) is 0 Å². The maximum atomic E-state index is 12.4. The Morgan fingerprint density at radius 1 is 1.13 bits per heavy atom. The summed E-state index contributed by atoms with van der Waals surface area (Å²) in [5, 5.41) is 13.2. The number of furan rings is 1. The van der Waals surface area contributed by atoms with Crippen LogP contribution in [0.25, 0.3) is 22.6 Å². The Morgan fingerprint density at radius 3 is 2.67 bits per heavy atom. The lowest BCUT2D eigenvalue weighted by atomic mass is 10.1. The number of amides is 1. The van der Waals surface area contributed by atoms with Crippen molar-refractivity contribution in [3.05, 3.63) is 58.6 Å². The molecule has 0 bridgehead atoms. The first kappa shape index (κ1) is 20.7. The minimum Gasteiger partial charge on any atom is -0.453 e. The van der Waals surface area contributed by atoms with E-state index in [1.54, 1.807) is 0 Å². The number of fused-ring (bicyclic) bond motifs is 1. The molecule has 0 radical (unpaired) electrons. The summed E-state index contributed by atoms with van der Waals surface area (Å²) in [7, 11) is 0. The Bertz CT molecular complexity index is 1180. The standard InChI is InChI=1S/C22H21BrN4O2S/c1-3-14-5-8-17(9-6-14)24-20(28)13-30-22-26-25-21(27(22)4-2)19-12-15-11-16(23)7-10-18(15)29-19/h5-12H,3-4,13H2,1-2H3,(H,24,28). The minimum atomic E-state index is -0.0787. The monoisotopic (exact) mass is 484 g/mol. The van der Waals surface area contributed by atoms with E-state index in [9.17, 15) is 4.79 Å². The maximum absolute atomic E-state index is 12.4. The van der Waals surface area contributed by atoms with E-state index in [-0.39, 0.29) is 11.7 Å². The lowest BCUT2D eigenvalue weighted by Gasteiger charge is -2.07. The zero-order valence-electron chi connectivity index (χ0n) is 16.7. The predicted molar refractivity (Wildman–Crippen MR) is 124 cm³/mol.